The fourth-order valence-electron chi connectivity index (χ4n) is 0.571. The molecule has 0 aromatic rings. The third-order valence-electron chi connectivity index (χ3n) is 1.04. The van der Waals surface area contributed by atoms with Gasteiger partial charge in [-0.15, -0.1) is 4.91 Å². The van der Waals surface area contributed by atoms with Crippen LogP contribution in [0.1, 0.15) is 0 Å². The summed E-state index contributed by atoms with van der Waals surface area (Å²) in [7, 11) is 0. The zero-order valence-electron chi connectivity index (χ0n) is 5.14. The van der Waals surface area contributed by atoms with Crippen molar-refractivity contribution in [2.75, 3.05) is 0 Å². The number of hydrogen-bond acceptors (Lipinski definition) is 5. The fraction of sp³-hybridized carbons (Fsp3) is 0.250. The second kappa shape index (κ2) is 2.44. The molecule has 54 valence electrons. The van der Waals surface area contributed by atoms with Crippen LogP contribution < -0.4 is 11.5 Å². The molecule has 0 aliphatic carbocycles. The highest BCUT2D eigenvalue weighted by Gasteiger charge is 2.12. The number of nitroso groups, excluding NO2 is 1. The van der Waals surface area contributed by atoms with Crippen molar-refractivity contribution < 1.29 is 0 Å². The topological polar surface area (TPSA) is 97.1 Å². The summed E-state index contributed by atoms with van der Waals surface area (Å²) in [6.45, 7) is 0. The fourth-order valence-corrected chi connectivity index (χ4v) is 0.571. The van der Waals surface area contributed by atoms with E-state index in [0.29, 0.717) is 5.84 Å². The average molecular weight is 141 g/mol. The van der Waals surface area contributed by atoms with Crippen molar-refractivity contribution in [2.24, 2.45) is 21.7 Å². The molecular weight excluding hydrogens is 134 g/mol. The van der Waals surface area contributed by atoms with Crippen LogP contribution in [0.25, 0.3) is 0 Å². The molecule has 0 saturated carbocycles. The number of rotatable bonds is 1. The van der Waals surface area contributed by atoms with E-state index >= 15 is 0 Å². The second-order valence-electron chi connectivity index (χ2n) is 1.74. The van der Waals surface area contributed by atoms with Crippen LogP contribution in [0.4, 0.5) is 0 Å². The van der Waals surface area contributed by atoms with Crippen LogP contribution in [0.3, 0.4) is 0 Å². The van der Waals surface area contributed by atoms with Crippen LogP contribution >= 0.6 is 0 Å². The summed E-state index contributed by atoms with van der Waals surface area (Å²) in [6, 6.07) is 0. The van der Waals surface area contributed by atoms with Crippen LogP contribution in [-0.4, -0.2) is 17.1 Å². The van der Waals surface area contributed by atoms with Gasteiger partial charge in [-0.05, 0) is 6.08 Å². The third kappa shape index (κ3) is 1.11. The highest BCUT2D eigenvalue weighted by molar-refractivity contribution is 5.91. The maximum Gasteiger partial charge on any atom is 0.198 e. The normalized spacial score (nSPS) is 24.3. The highest BCUT2D eigenvalue weighted by atomic mass is 16.3. The lowest BCUT2D eigenvalue weighted by molar-refractivity contribution is 0.296. The summed E-state index contributed by atoms with van der Waals surface area (Å²) in [5.41, 5.74) is 10.5. The average Bonchev–Trinajstić information content (AvgIpc) is 1.88. The third-order valence-corrected chi connectivity index (χ3v) is 1.04. The molecule has 1 aliphatic rings. The van der Waals surface area contributed by atoms with E-state index in [0.717, 1.165) is 5.01 Å². The molecular formula is C4H7N5O. The molecule has 4 N–H and O–H groups in total. The summed E-state index contributed by atoms with van der Waals surface area (Å²) in [5.74, 6) is 0.299. The van der Waals surface area contributed by atoms with Crippen molar-refractivity contribution in [1.82, 2.24) is 5.01 Å². The summed E-state index contributed by atoms with van der Waals surface area (Å²) >= 11 is 0. The Balaban J connectivity index is 2.73. The maximum atomic E-state index is 9.91. The standard InChI is InChI=1S/C4H7N5O/c5-3-1-2-9(8-10)4(6)7-3/h1-2,4H,6H2,(H2,5,7). The van der Waals surface area contributed by atoms with Crippen molar-refractivity contribution in [3.05, 3.63) is 17.2 Å². The first-order chi connectivity index (χ1) is 4.74. The zero-order chi connectivity index (χ0) is 7.56. The molecule has 0 fully saturated rings. The van der Waals surface area contributed by atoms with Crippen LogP contribution in [0, 0.1) is 4.91 Å². The van der Waals surface area contributed by atoms with E-state index in [1.807, 2.05) is 0 Å². The van der Waals surface area contributed by atoms with Gasteiger partial charge in [-0.1, -0.05) is 0 Å². The van der Waals surface area contributed by atoms with Crippen molar-refractivity contribution in [3.8, 4) is 0 Å². The van der Waals surface area contributed by atoms with E-state index in [2.05, 4.69) is 10.3 Å². The van der Waals surface area contributed by atoms with E-state index in [1.165, 1.54) is 12.3 Å². The van der Waals surface area contributed by atoms with E-state index < -0.39 is 6.29 Å². The Morgan fingerprint density at radius 1 is 1.80 bits per heavy atom. The van der Waals surface area contributed by atoms with Crippen molar-refractivity contribution in [1.29, 1.82) is 0 Å². The number of hydrogen-bond donors (Lipinski definition) is 2. The molecule has 0 aromatic heterocycles. The summed E-state index contributed by atoms with van der Waals surface area (Å²) in [4.78, 5) is 13.6. The molecule has 1 unspecified atom stereocenters. The first kappa shape index (κ1) is 6.69. The molecule has 0 amide bonds. The minimum atomic E-state index is -0.775. The minimum absolute atomic E-state index is 0.299. The van der Waals surface area contributed by atoms with Crippen molar-refractivity contribution in [3.63, 3.8) is 0 Å². The lowest BCUT2D eigenvalue weighted by Gasteiger charge is -2.17. The highest BCUT2D eigenvalue weighted by Crippen LogP contribution is 2.01. The van der Waals surface area contributed by atoms with E-state index in [-0.39, 0.29) is 0 Å². The Bertz CT molecular complexity index is 198. The van der Waals surface area contributed by atoms with Gasteiger partial charge in [0.1, 0.15) is 5.84 Å². The molecule has 6 nitrogen and oxygen atoms in total. The number of amidine groups is 1. The molecule has 0 radical (unpaired) electrons. The first-order valence-corrected chi connectivity index (χ1v) is 2.62. The molecule has 6 heteroatoms. The number of nitrogens with zero attached hydrogens (tertiary/aromatic N) is 3. The second-order valence-corrected chi connectivity index (χ2v) is 1.74. The van der Waals surface area contributed by atoms with E-state index in [9.17, 15) is 4.91 Å². The van der Waals surface area contributed by atoms with Crippen molar-refractivity contribution >= 4 is 5.84 Å². The Kier molecular flexibility index (Phi) is 1.63. The SMILES string of the molecule is NC1=NC(N)N(N=O)C=C1. The molecule has 0 bridgehead atoms. The lowest BCUT2D eigenvalue weighted by Crippen LogP contribution is -2.37. The quantitative estimate of drug-likeness (QED) is 0.462. The minimum Gasteiger partial charge on any atom is -0.384 e. The van der Waals surface area contributed by atoms with Gasteiger partial charge in [0.15, 0.2) is 6.29 Å². The molecule has 1 heterocycles. The lowest BCUT2D eigenvalue weighted by atomic mass is 10.5. The van der Waals surface area contributed by atoms with Gasteiger partial charge < -0.3 is 5.73 Å². The number of nitrogens with two attached hydrogens (primary N) is 2. The van der Waals surface area contributed by atoms with E-state index in [1.54, 1.807) is 0 Å². The van der Waals surface area contributed by atoms with Gasteiger partial charge in [0.05, 0.1) is 5.29 Å². The zero-order valence-corrected chi connectivity index (χ0v) is 5.14. The predicted molar refractivity (Wildman–Crippen MR) is 36.4 cm³/mol. The molecule has 1 rings (SSSR count). The largest absolute Gasteiger partial charge is 0.384 e. The van der Waals surface area contributed by atoms with Gasteiger partial charge in [-0.25, -0.2) is 4.99 Å². The molecule has 1 aliphatic heterocycles. The smallest absolute Gasteiger partial charge is 0.198 e. The number of aliphatic imine (C=N–C) groups is 1. The van der Waals surface area contributed by atoms with Crippen molar-refractivity contribution in [2.45, 2.75) is 6.29 Å². The monoisotopic (exact) mass is 141 g/mol. The van der Waals surface area contributed by atoms with Gasteiger partial charge in [0.2, 0.25) is 0 Å². The first-order valence-electron chi connectivity index (χ1n) is 2.62. The molecule has 10 heavy (non-hydrogen) atoms. The Labute approximate surface area is 57.1 Å². The molecule has 0 aromatic carbocycles. The van der Waals surface area contributed by atoms with E-state index in [4.69, 9.17) is 11.5 Å². The van der Waals surface area contributed by atoms with Gasteiger partial charge in [0, 0.05) is 6.20 Å². The Hall–Kier alpha value is -1.43. The maximum absolute atomic E-state index is 9.91. The Morgan fingerprint density at radius 2 is 2.50 bits per heavy atom. The van der Waals surface area contributed by atoms with Crippen LogP contribution in [0.15, 0.2) is 22.6 Å². The van der Waals surface area contributed by atoms with Gasteiger partial charge in [-0.3, -0.25) is 5.73 Å². The van der Waals surface area contributed by atoms with Gasteiger partial charge >= 0.3 is 0 Å². The van der Waals surface area contributed by atoms with Crippen LogP contribution in [0.2, 0.25) is 0 Å². The Morgan fingerprint density at radius 3 is 3.00 bits per heavy atom. The van der Waals surface area contributed by atoms with Gasteiger partial charge in [-0.2, -0.15) is 5.01 Å². The molecule has 0 saturated heterocycles. The molecule has 0 spiro atoms. The summed E-state index contributed by atoms with van der Waals surface area (Å²) in [5, 5.41) is 3.54. The van der Waals surface area contributed by atoms with Gasteiger partial charge in [0.25, 0.3) is 0 Å². The molecule has 1 atom stereocenters. The van der Waals surface area contributed by atoms with Crippen LogP contribution in [-0.2, 0) is 0 Å². The summed E-state index contributed by atoms with van der Waals surface area (Å²) in [6.07, 6.45) is 2.05. The predicted octanol–water partition coefficient (Wildman–Crippen LogP) is -0.903. The summed E-state index contributed by atoms with van der Waals surface area (Å²) < 4.78 is 0. The van der Waals surface area contributed by atoms with Crippen LogP contribution in [0.5, 0.6) is 0 Å².